The molecule has 0 aliphatic carbocycles. The van der Waals surface area contributed by atoms with Crippen molar-refractivity contribution in [3.63, 3.8) is 0 Å². The Labute approximate surface area is 148 Å². The summed E-state index contributed by atoms with van der Waals surface area (Å²) in [6.45, 7) is 2.92. The van der Waals surface area contributed by atoms with Gasteiger partial charge in [-0.2, -0.15) is 9.78 Å². The van der Waals surface area contributed by atoms with Gasteiger partial charge in [-0.25, -0.2) is 0 Å². The lowest BCUT2D eigenvalue weighted by Gasteiger charge is -2.19. The zero-order valence-electron chi connectivity index (χ0n) is 13.0. The van der Waals surface area contributed by atoms with Gasteiger partial charge in [0.15, 0.2) is 0 Å². The fraction of sp³-hybridized carbons (Fsp3) is 0.312. The quantitative estimate of drug-likeness (QED) is 0.902. The number of hydrogen-bond acceptors (Lipinski definition) is 4. The number of nitrogens with two attached hydrogens (primary N) is 1. The minimum Gasteiger partial charge on any atom is -0.369 e. The average molecular weight is 367 g/mol. The Balaban J connectivity index is 1.96. The summed E-state index contributed by atoms with van der Waals surface area (Å²) >= 11 is 12.4. The standard InChI is InChI=1S/C16H16Cl2N4O2/c1-9-2-3-11(6-12(9)17)22-16(24)14(18)13(7-20-22)21-5-4-10(8-21)15(19)23/h2-3,6-7,10H,4-5,8H2,1H3,(H2,19,23)/t10-/m0/s1. The van der Waals surface area contributed by atoms with Crippen LogP contribution in [-0.2, 0) is 4.79 Å². The van der Waals surface area contributed by atoms with Gasteiger partial charge in [-0.1, -0.05) is 29.3 Å². The summed E-state index contributed by atoms with van der Waals surface area (Å²) in [4.78, 5) is 25.7. The molecule has 2 aromatic rings. The molecule has 6 nitrogen and oxygen atoms in total. The van der Waals surface area contributed by atoms with Crippen molar-refractivity contribution < 1.29 is 4.79 Å². The molecular formula is C16H16Cl2N4O2. The Hall–Kier alpha value is -2.05. The van der Waals surface area contributed by atoms with Crippen molar-refractivity contribution >= 4 is 34.8 Å². The Bertz CT molecular complexity index is 866. The molecule has 1 atom stereocenters. The van der Waals surface area contributed by atoms with Gasteiger partial charge in [0.2, 0.25) is 5.91 Å². The van der Waals surface area contributed by atoms with Gasteiger partial charge in [0.1, 0.15) is 5.02 Å². The maximum Gasteiger partial charge on any atom is 0.292 e. The highest BCUT2D eigenvalue weighted by Crippen LogP contribution is 2.28. The van der Waals surface area contributed by atoms with E-state index >= 15 is 0 Å². The molecule has 24 heavy (non-hydrogen) atoms. The van der Waals surface area contributed by atoms with Gasteiger partial charge in [-0.05, 0) is 31.0 Å². The van der Waals surface area contributed by atoms with Crippen molar-refractivity contribution in [1.82, 2.24) is 9.78 Å². The molecule has 2 heterocycles. The molecule has 2 N–H and O–H groups in total. The van der Waals surface area contributed by atoms with E-state index in [9.17, 15) is 9.59 Å². The van der Waals surface area contributed by atoms with Gasteiger partial charge in [-0.3, -0.25) is 9.59 Å². The molecule has 1 aliphatic heterocycles. The number of aryl methyl sites for hydroxylation is 1. The molecule has 0 bridgehead atoms. The number of aromatic nitrogens is 2. The van der Waals surface area contributed by atoms with E-state index < -0.39 is 5.56 Å². The summed E-state index contributed by atoms with van der Waals surface area (Å²) in [5.41, 5.74) is 6.87. The van der Waals surface area contributed by atoms with Crippen molar-refractivity contribution in [1.29, 1.82) is 0 Å². The Kier molecular flexibility index (Phi) is 4.51. The Morgan fingerprint density at radius 2 is 2.12 bits per heavy atom. The maximum absolute atomic E-state index is 12.6. The third-order valence-electron chi connectivity index (χ3n) is 4.23. The first-order valence-corrected chi connectivity index (χ1v) is 8.22. The monoisotopic (exact) mass is 366 g/mol. The van der Waals surface area contributed by atoms with Crippen molar-refractivity contribution in [3.8, 4) is 5.69 Å². The Morgan fingerprint density at radius 1 is 1.38 bits per heavy atom. The van der Waals surface area contributed by atoms with Crippen LogP contribution in [0.4, 0.5) is 5.69 Å². The first-order valence-electron chi connectivity index (χ1n) is 7.47. The number of halogens is 2. The number of carbonyl (C=O) groups excluding carboxylic acids is 1. The van der Waals surface area contributed by atoms with Gasteiger partial charge < -0.3 is 10.6 Å². The van der Waals surface area contributed by atoms with Gasteiger partial charge in [-0.15, -0.1) is 0 Å². The van der Waals surface area contributed by atoms with Crippen LogP contribution in [0.25, 0.3) is 5.69 Å². The summed E-state index contributed by atoms with van der Waals surface area (Å²) < 4.78 is 1.21. The van der Waals surface area contributed by atoms with E-state index in [-0.39, 0.29) is 16.8 Å². The number of amides is 1. The summed E-state index contributed by atoms with van der Waals surface area (Å²) in [5, 5.41) is 4.81. The minimum absolute atomic E-state index is 0.0619. The van der Waals surface area contributed by atoms with E-state index in [0.29, 0.717) is 35.9 Å². The normalized spacial score (nSPS) is 17.3. The van der Waals surface area contributed by atoms with Gasteiger partial charge in [0, 0.05) is 18.1 Å². The van der Waals surface area contributed by atoms with Crippen LogP contribution in [0.5, 0.6) is 0 Å². The molecule has 0 saturated carbocycles. The second kappa shape index (κ2) is 6.45. The molecule has 1 aromatic carbocycles. The lowest BCUT2D eigenvalue weighted by molar-refractivity contribution is -0.121. The lowest BCUT2D eigenvalue weighted by atomic mass is 10.1. The van der Waals surface area contributed by atoms with Crippen molar-refractivity contribution in [2.24, 2.45) is 11.7 Å². The number of primary amides is 1. The predicted molar refractivity (Wildman–Crippen MR) is 94.1 cm³/mol. The molecule has 1 aliphatic rings. The van der Waals surface area contributed by atoms with E-state index in [1.165, 1.54) is 10.9 Å². The van der Waals surface area contributed by atoms with Gasteiger partial charge in [0.05, 0.1) is 23.5 Å². The van der Waals surface area contributed by atoms with Crippen LogP contribution in [0.15, 0.2) is 29.2 Å². The third kappa shape index (κ3) is 2.99. The van der Waals surface area contributed by atoms with Crippen LogP contribution in [0.1, 0.15) is 12.0 Å². The first-order chi connectivity index (χ1) is 11.4. The highest BCUT2D eigenvalue weighted by atomic mass is 35.5. The number of nitrogens with zero attached hydrogens (tertiary/aromatic N) is 3. The second-order valence-corrected chi connectivity index (χ2v) is 6.61. The SMILES string of the molecule is Cc1ccc(-n2ncc(N3CC[C@H](C(N)=O)C3)c(Cl)c2=O)cc1Cl. The molecule has 3 rings (SSSR count). The molecule has 126 valence electrons. The largest absolute Gasteiger partial charge is 0.369 e. The van der Waals surface area contributed by atoms with Gasteiger partial charge >= 0.3 is 0 Å². The summed E-state index contributed by atoms with van der Waals surface area (Å²) in [5.74, 6) is -0.580. The predicted octanol–water partition coefficient (Wildman–Crippen LogP) is 2.16. The Morgan fingerprint density at radius 3 is 2.75 bits per heavy atom. The fourth-order valence-electron chi connectivity index (χ4n) is 2.75. The van der Waals surface area contributed by atoms with E-state index in [1.54, 1.807) is 12.1 Å². The van der Waals surface area contributed by atoms with Crippen LogP contribution >= 0.6 is 23.2 Å². The number of carbonyl (C=O) groups is 1. The number of benzene rings is 1. The highest BCUT2D eigenvalue weighted by molar-refractivity contribution is 6.33. The molecule has 1 fully saturated rings. The van der Waals surface area contributed by atoms with Crippen molar-refractivity contribution in [2.75, 3.05) is 18.0 Å². The molecule has 1 aromatic heterocycles. The zero-order valence-corrected chi connectivity index (χ0v) is 14.5. The smallest absolute Gasteiger partial charge is 0.292 e. The van der Waals surface area contributed by atoms with Crippen LogP contribution in [-0.4, -0.2) is 28.8 Å². The van der Waals surface area contributed by atoms with Crippen molar-refractivity contribution in [2.45, 2.75) is 13.3 Å². The van der Waals surface area contributed by atoms with Crippen LogP contribution < -0.4 is 16.2 Å². The maximum atomic E-state index is 12.6. The van der Waals surface area contributed by atoms with E-state index in [1.807, 2.05) is 17.9 Å². The minimum atomic E-state index is -0.434. The van der Waals surface area contributed by atoms with E-state index in [4.69, 9.17) is 28.9 Å². The third-order valence-corrected chi connectivity index (χ3v) is 4.99. The number of anilines is 1. The molecular weight excluding hydrogens is 351 g/mol. The van der Waals surface area contributed by atoms with E-state index in [2.05, 4.69) is 5.10 Å². The first kappa shape index (κ1) is 16.8. The number of hydrogen-bond donors (Lipinski definition) is 1. The molecule has 0 unspecified atom stereocenters. The second-order valence-electron chi connectivity index (χ2n) is 5.83. The fourth-order valence-corrected chi connectivity index (χ4v) is 3.18. The molecule has 0 spiro atoms. The summed E-state index contributed by atoms with van der Waals surface area (Å²) in [6.07, 6.45) is 2.17. The molecule has 1 saturated heterocycles. The van der Waals surface area contributed by atoms with Crippen LogP contribution in [0, 0.1) is 12.8 Å². The summed E-state index contributed by atoms with van der Waals surface area (Å²) in [7, 11) is 0. The van der Waals surface area contributed by atoms with Gasteiger partial charge in [0.25, 0.3) is 5.56 Å². The van der Waals surface area contributed by atoms with Crippen molar-refractivity contribution in [3.05, 3.63) is 50.4 Å². The molecule has 0 radical (unpaired) electrons. The summed E-state index contributed by atoms with van der Waals surface area (Å²) in [6, 6.07) is 5.23. The average Bonchev–Trinajstić information content (AvgIpc) is 3.03. The molecule has 8 heteroatoms. The van der Waals surface area contributed by atoms with Crippen LogP contribution in [0.2, 0.25) is 10.0 Å². The lowest BCUT2D eigenvalue weighted by Crippen LogP contribution is -2.30. The topological polar surface area (TPSA) is 81.2 Å². The highest BCUT2D eigenvalue weighted by Gasteiger charge is 2.29. The number of rotatable bonds is 3. The van der Waals surface area contributed by atoms with Crippen LogP contribution in [0.3, 0.4) is 0 Å². The molecule has 1 amide bonds. The zero-order chi connectivity index (χ0) is 17.4. The van der Waals surface area contributed by atoms with E-state index in [0.717, 1.165) is 5.56 Å².